The zero-order valence-corrected chi connectivity index (χ0v) is 19.6. The quantitative estimate of drug-likeness (QED) is 0.522. The van der Waals surface area contributed by atoms with Crippen LogP contribution in [0.15, 0.2) is 24.3 Å². The average Bonchev–Trinajstić information content (AvgIpc) is 2.63. The van der Waals surface area contributed by atoms with Crippen molar-refractivity contribution >= 4 is 25.4 Å². The Kier molecular flexibility index (Phi) is 5.60. The fourth-order valence-electron chi connectivity index (χ4n) is 3.96. The van der Waals surface area contributed by atoms with Crippen LogP contribution in [0.2, 0.25) is 0 Å². The molecule has 2 N–H and O–H groups in total. The Balaban J connectivity index is 1.94. The second-order valence-electron chi connectivity index (χ2n) is 9.20. The van der Waals surface area contributed by atoms with Gasteiger partial charge in [0, 0.05) is 0 Å². The van der Waals surface area contributed by atoms with E-state index in [1.54, 1.807) is 13.0 Å². The Morgan fingerprint density at radius 1 is 1.03 bits per heavy atom. The number of phenols is 1. The van der Waals surface area contributed by atoms with Crippen LogP contribution in [0.25, 0.3) is 0 Å². The van der Waals surface area contributed by atoms with E-state index >= 15 is 0 Å². The molecule has 0 aromatic heterocycles. The minimum atomic E-state index is -1.13. The Morgan fingerprint density at radius 2 is 1.62 bits per heavy atom. The molecule has 3 rings (SSSR count). The van der Waals surface area contributed by atoms with Crippen LogP contribution >= 0.6 is 0 Å². The molecule has 2 aromatic carbocycles. The molecular weight excluding hydrogens is 427 g/mol. The van der Waals surface area contributed by atoms with Crippen molar-refractivity contribution in [1.29, 1.82) is 0 Å². The van der Waals surface area contributed by atoms with Gasteiger partial charge in [0.15, 0.2) is 0 Å². The van der Waals surface area contributed by atoms with Crippen molar-refractivity contribution in [2.45, 2.75) is 65.2 Å². The van der Waals surface area contributed by atoms with Crippen LogP contribution in [0.5, 0.6) is 5.75 Å². The number of aromatic hydroxyl groups is 1. The van der Waals surface area contributed by atoms with Crippen LogP contribution in [0.3, 0.4) is 0 Å². The SMILES string of the molecule is Cc1cc2c(cc1[Se]C#Cc1ccc(C(=O)O)c(O)c1C)C(C)(C)CCC2(C)C. The van der Waals surface area contributed by atoms with Crippen LogP contribution < -0.4 is 4.46 Å². The van der Waals surface area contributed by atoms with Gasteiger partial charge in [-0.05, 0) is 0 Å². The van der Waals surface area contributed by atoms with E-state index in [9.17, 15) is 9.90 Å². The van der Waals surface area contributed by atoms with E-state index in [1.165, 1.54) is 40.1 Å². The molecule has 1 aliphatic rings. The second kappa shape index (κ2) is 7.56. The molecule has 0 bridgehead atoms. The second-order valence-corrected chi connectivity index (χ2v) is 11.0. The van der Waals surface area contributed by atoms with Crippen molar-refractivity contribution in [2.75, 3.05) is 0 Å². The number of carbonyl (C=O) groups is 1. The zero-order valence-electron chi connectivity index (χ0n) is 17.9. The van der Waals surface area contributed by atoms with Gasteiger partial charge in [-0.15, -0.1) is 0 Å². The predicted octanol–water partition coefficient (Wildman–Crippen LogP) is 4.39. The van der Waals surface area contributed by atoms with Gasteiger partial charge < -0.3 is 0 Å². The van der Waals surface area contributed by atoms with E-state index in [2.05, 4.69) is 57.5 Å². The van der Waals surface area contributed by atoms with Crippen LogP contribution in [-0.2, 0) is 10.8 Å². The van der Waals surface area contributed by atoms with Crippen LogP contribution in [-0.4, -0.2) is 31.1 Å². The summed E-state index contributed by atoms with van der Waals surface area (Å²) in [5, 5.41) is 19.2. The van der Waals surface area contributed by atoms with Gasteiger partial charge >= 0.3 is 180 Å². The summed E-state index contributed by atoms with van der Waals surface area (Å²) in [6, 6.07) is 7.80. The third-order valence-corrected chi connectivity index (χ3v) is 7.97. The van der Waals surface area contributed by atoms with Crippen molar-refractivity contribution < 1.29 is 15.0 Å². The first-order valence-corrected chi connectivity index (χ1v) is 11.5. The maximum atomic E-state index is 11.1. The molecule has 0 unspecified atom stereocenters. The normalized spacial score (nSPS) is 16.5. The van der Waals surface area contributed by atoms with Crippen LogP contribution in [0.1, 0.15) is 78.7 Å². The summed E-state index contributed by atoms with van der Waals surface area (Å²) in [5.74, 6) is 1.80. The standard InChI is InChI=1S/C25H28O3Se/c1-15-13-19-20(25(5,6)11-10-24(19,3)4)14-21(15)29-12-9-17-7-8-18(23(27)28)22(26)16(17)2/h7-8,13-14,26H,10-11H2,1-6H3,(H,27,28). The fraction of sp³-hybridized carbons (Fsp3) is 0.400. The van der Waals surface area contributed by atoms with Gasteiger partial charge in [-0.3, -0.25) is 0 Å². The third-order valence-electron chi connectivity index (χ3n) is 6.16. The Hall–Kier alpha value is -2.21. The van der Waals surface area contributed by atoms with Crippen LogP contribution in [0.4, 0.5) is 0 Å². The molecule has 152 valence electrons. The molecule has 29 heavy (non-hydrogen) atoms. The van der Waals surface area contributed by atoms with E-state index in [0.717, 1.165) is 0 Å². The molecule has 0 amide bonds. The number of fused-ring (bicyclic) bond motifs is 1. The third kappa shape index (κ3) is 4.08. The molecule has 0 saturated heterocycles. The minimum absolute atomic E-state index is 0.0235. The van der Waals surface area contributed by atoms with Crippen LogP contribution in [0, 0.1) is 24.6 Å². The summed E-state index contributed by atoms with van der Waals surface area (Å²) in [6.45, 7) is 13.2. The van der Waals surface area contributed by atoms with Gasteiger partial charge in [-0.2, -0.15) is 0 Å². The first-order valence-electron chi connectivity index (χ1n) is 9.83. The number of hydrogen-bond donors (Lipinski definition) is 2. The summed E-state index contributed by atoms with van der Waals surface area (Å²) >= 11 is -0.0235. The van der Waals surface area contributed by atoms with E-state index in [-0.39, 0.29) is 37.1 Å². The van der Waals surface area contributed by atoms with Gasteiger partial charge in [-0.25, -0.2) is 0 Å². The number of benzene rings is 2. The molecule has 0 spiro atoms. The van der Waals surface area contributed by atoms with E-state index in [0.29, 0.717) is 11.1 Å². The number of carboxylic acid groups (broad SMARTS) is 1. The van der Waals surface area contributed by atoms with Crippen molar-refractivity contribution in [3.8, 4) is 16.5 Å². The number of aryl methyl sites for hydroxylation is 1. The monoisotopic (exact) mass is 456 g/mol. The molecule has 4 heteroatoms. The number of rotatable bonds is 2. The van der Waals surface area contributed by atoms with Crippen molar-refractivity contribution in [3.63, 3.8) is 0 Å². The van der Waals surface area contributed by atoms with Gasteiger partial charge in [0.1, 0.15) is 0 Å². The molecule has 0 atom stereocenters. The molecular formula is C25H28O3Se. The summed E-state index contributed by atoms with van der Waals surface area (Å²) in [6.07, 6.45) is 2.38. The average molecular weight is 455 g/mol. The molecule has 3 nitrogen and oxygen atoms in total. The molecule has 0 heterocycles. The Morgan fingerprint density at radius 3 is 2.21 bits per heavy atom. The van der Waals surface area contributed by atoms with Gasteiger partial charge in [0.2, 0.25) is 0 Å². The molecule has 0 aliphatic heterocycles. The van der Waals surface area contributed by atoms with E-state index in [4.69, 9.17) is 5.11 Å². The fourth-order valence-corrected chi connectivity index (χ4v) is 5.36. The van der Waals surface area contributed by atoms with E-state index in [1.807, 2.05) is 0 Å². The number of aromatic carboxylic acids is 1. The topological polar surface area (TPSA) is 57.5 Å². The summed E-state index contributed by atoms with van der Waals surface area (Å²) in [4.78, 5) is 14.4. The molecule has 0 radical (unpaired) electrons. The van der Waals surface area contributed by atoms with Gasteiger partial charge in [-0.1, -0.05) is 0 Å². The van der Waals surface area contributed by atoms with E-state index < -0.39 is 5.97 Å². The van der Waals surface area contributed by atoms with Crippen molar-refractivity contribution in [2.24, 2.45) is 0 Å². The predicted molar refractivity (Wildman–Crippen MR) is 119 cm³/mol. The first kappa shape index (κ1) is 21.5. The Labute approximate surface area is 179 Å². The molecule has 0 saturated carbocycles. The van der Waals surface area contributed by atoms with Gasteiger partial charge in [0.25, 0.3) is 0 Å². The maximum absolute atomic E-state index is 11.1. The summed E-state index contributed by atoms with van der Waals surface area (Å²) < 4.78 is 1.29. The van der Waals surface area contributed by atoms with Crippen molar-refractivity contribution in [1.82, 2.24) is 0 Å². The Bertz CT molecular complexity index is 1050. The number of carboxylic acids is 1. The number of hydrogen-bond acceptors (Lipinski definition) is 2. The van der Waals surface area contributed by atoms with Gasteiger partial charge in [0.05, 0.1) is 0 Å². The molecule has 1 aliphatic carbocycles. The van der Waals surface area contributed by atoms with Crippen molar-refractivity contribution in [3.05, 3.63) is 57.6 Å². The first-order chi connectivity index (χ1) is 13.4. The molecule has 2 aromatic rings. The molecule has 0 fully saturated rings. The zero-order chi connectivity index (χ0) is 21.6. The summed E-state index contributed by atoms with van der Waals surface area (Å²) in [7, 11) is 0. The summed E-state index contributed by atoms with van der Waals surface area (Å²) in [5.41, 5.74) is 5.66.